The molecule has 1 heterocycles. The average molecular weight is 274 g/mol. The Morgan fingerprint density at radius 2 is 1.55 bits per heavy atom. The minimum absolute atomic E-state index is 0.127. The lowest BCUT2D eigenvalue weighted by molar-refractivity contribution is -0.141. The van der Waals surface area contributed by atoms with Gasteiger partial charge in [-0.1, -0.05) is 59.7 Å². The molecule has 0 spiro atoms. The van der Waals surface area contributed by atoms with Crippen molar-refractivity contribution >= 4 is 5.78 Å². The van der Waals surface area contributed by atoms with Crippen molar-refractivity contribution < 1.29 is 9.53 Å². The highest BCUT2D eigenvalue weighted by Crippen LogP contribution is 2.51. The van der Waals surface area contributed by atoms with Gasteiger partial charge in [0.05, 0.1) is 0 Å². The van der Waals surface area contributed by atoms with Crippen LogP contribution in [0.2, 0.25) is 0 Å². The second-order valence-corrected chi connectivity index (χ2v) is 7.93. The van der Waals surface area contributed by atoms with Crippen molar-refractivity contribution in [1.29, 1.82) is 0 Å². The van der Waals surface area contributed by atoms with Gasteiger partial charge in [-0.3, -0.25) is 4.79 Å². The normalized spacial score (nSPS) is 19.0. The molecule has 2 nitrogen and oxygen atoms in total. The molecule has 2 rings (SSSR count). The van der Waals surface area contributed by atoms with Gasteiger partial charge in [0, 0.05) is 29.2 Å². The molecule has 0 aliphatic carbocycles. The largest absolute Gasteiger partial charge is 0.485 e. The van der Waals surface area contributed by atoms with Gasteiger partial charge in [0.1, 0.15) is 17.1 Å². The maximum Gasteiger partial charge on any atom is 0.141 e. The van der Waals surface area contributed by atoms with E-state index >= 15 is 0 Å². The molecule has 0 unspecified atom stereocenters. The first-order valence-electron chi connectivity index (χ1n) is 7.35. The smallest absolute Gasteiger partial charge is 0.141 e. The van der Waals surface area contributed by atoms with Crippen LogP contribution in [0.3, 0.4) is 0 Å². The summed E-state index contributed by atoms with van der Waals surface area (Å²) in [7, 11) is 0. The first-order chi connectivity index (χ1) is 9.07. The molecule has 0 saturated heterocycles. The summed E-state index contributed by atoms with van der Waals surface area (Å²) in [6, 6.07) is 7.93. The number of carbonyl (C=O) groups is 1. The number of rotatable bonds is 0. The van der Waals surface area contributed by atoms with E-state index in [-0.39, 0.29) is 16.6 Å². The van der Waals surface area contributed by atoms with Crippen LogP contribution in [0.4, 0.5) is 0 Å². The van der Waals surface area contributed by atoms with Crippen LogP contribution in [0.15, 0.2) is 24.3 Å². The van der Waals surface area contributed by atoms with Crippen molar-refractivity contribution in [3.8, 4) is 5.75 Å². The van der Waals surface area contributed by atoms with Gasteiger partial charge >= 0.3 is 0 Å². The Balaban J connectivity index is 2.62. The van der Waals surface area contributed by atoms with Crippen LogP contribution >= 0.6 is 0 Å². The fourth-order valence-corrected chi connectivity index (χ4v) is 3.49. The fourth-order valence-electron chi connectivity index (χ4n) is 3.49. The van der Waals surface area contributed by atoms with Crippen molar-refractivity contribution in [3.63, 3.8) is 0 Å². The van der Waals surface area contributed by atoms with Crippen molar-refractivity contribution in [2.24, 2.45) is 10.8 Å². The number of hydrogen-bond acceptors (Lipinski definition) is 2. The molecule has 0 N–H and O–H groups in total. The number of ether oxygens (including phenoxy) is 1. The molecule has 1 aliphatic heterocycles. The lowest BCUT2D eigenvalue weighted by atomic mass is 9.60. The van der Waals surface area contributed by atoms with Crippen LogP contribution in [0.5, 0.6) is 5.75 Å². The predicted octanol–water partition coefficient (Wildman–Crippen LogP) is 4.41. The van der Waals surface area contributed by atoms with Gasteiger partial charge in [0.15, 0.2) is 0 Å². The number of benzene rings is 1. The third-order valence-electron chi connectivity index (χ3n) is 4.51. The van der Waals surface area contributed by atoms with Gasteiger partial charge in [-0.15, -0.1) is 0 Å². The van der Waals surface area contributed by atoms with Gasteiger partial charge in [-0.25, -0.2) is 0 Å². The highest BCUT2D eigenvalue weighted by molar-refractivity contribution is 5.83. The van der Waals surface area contributed by atoms with Crippen LogP contribution in [0.25, 0.3) is 0 Å². The first kappa shape index (κ1) is 15.1. The summed E-state index contributed by atoms with van der Waals surface area (Å²) in [5.74, 6) is 1.13. The first-order valence-corrected chi connectivity index (χ1v) is 7.35. The molecule has 110 valence electrons. The molecule has 20 heavy (non-hydrogen) atoms. The summed E-state index contributed by atoms with van der Waals surface area (Å²) < 4.78 is 6.52. The molecule has 0 fully saturated rings. The zero-order valence-electron chi connectivity index (χ0n) is 13.5. The van der Waals surface area contributed by atoms with E-state index in [1.807, 2.05) is 24.3 Å². The van der Waals surface area contributed by atoms with Gasteiger partial charge in [0.2, 0.25) is 0 Å². The summed E-state index contributed by atoms with van der Waals surface area (Å²) in [5, 5.41) is 0. The molecule has 2 heteroatoms. The van der Waals surface area contributed by atoms with Crippen molar-refractivity contribution in [3.05, 3.63) is 29.8 Å². The zero-order valence-corrected chi connectivity index (χ0v) is 13.5. The molecule has 0 amide bonds. The molecule has 1 aliphatic rings. The molecular weight excluding hydrogens is 248 g/mol. The second-order valence-electron chi connectivity index (χ2n) is 7.93. The molecule has 0 radical (unpaired) electrons. The fraction of sp³-hybridized carbons (Fsp3) is 0.611. The van der Waals surface area contributed by atoms with Crippen LogP contribution in [-0.2, 0) is 11.2 Å². The summed E-state index contributed by atoms with van der Waals surface area (Å²) in [6.45, 7) is 13.0. The molecule has 0 saturated carbocycles. The van der Waals surface area contributed by atoms with E-state index < -0.39 is 5.60 Å². The number of ketones is 1. The van der Waals surface area contributed by atoms with Crippen LogP contribution in [-0.4, -0.2) is 11.4 Å². The number of fused-ring (bicyclic) bond motifs is 1. The maximum atomic E-state index is 12.5. The molecule has 0 bridgehead atoms. The Kier molecular flexibility index (Phi) is 3.48. The number of Topliss-reactive ketones (excluding diaryl/α,β-unsaturated/α-hetero) is 1. The van der Waals surface area contributed by atoms with Crippen molar-refractivity contribution in [2.75, 3.05) is 0 Å². The highest BCUT2D eigenvalue weighted by Gasteiger charge is 2.55. The van der Waals surface area contributed by atoms with E-state index in [2.05, 4.69) is 41.5 Å². The van der Waals surface area contributed by atoms with E-state index in [1.165, 1.54) is 0 Å². The third kappa shape index (κ3) is 2.36. The Morgan fingerprint density at radius 1 is 1.00 bits per heavy atom. The quantitative estimate of drug-likeness (QED) is 0.700. The van der Waals surface area contributed by atoms with Gasteiger partial charge in [-0.05, 0) is 6.07 Å². The minimum atomic E-state index is -0.496. The number of hydrogen-bond donors (Lipinski definition) is 0. The average Bonchev–Trinajstić information content (AvgIpc) is 2.43. The molecule has 1 aromatic carbocycles. The van der Waals surface area contributed by atoms with E-state index in [9.17, 15) is 4.79 Å². The Bertz CT molecular complexity index is 501. The summed E-state index contributed by atoms with van der Waals surface area (Å²) in [4.78, 5) is 12.5. The van der Waals surface area contributed by atoms with Crippen LogP contribution in [0.1, 0.15) is 53.5 Å². The number of para-hydroxylation sites is 1. The van der Waals surface area contributed by atoms with Crippen LogP contribution in [0, 0.1) is 10.8 Å². The van der Waals surface area contributed by atoms with Crippen molar-refractivity contribution in [2.45, 2.75) is 60.0 Å². The Hall–Kier alpha value is -1.31. The van der Waals surface area contributed by atoms with E-state index in [0.717, 1.165) is 11.3 Å². The standard InChI is InChI=1S/C18H26O2/c1-16(2,3)18(17(4,5)6)12-14(19)11-13-9-7-8-10-15(13)20-18/h7-10H,11-12H2,1-6H3. The Morgan fingerprint density at radius 3 is 2.10 bits per heavy atom. The molecule has 1 aromatic rings. The SMILES string of the molecule is CC(C)(C)C1(C(C)(C)C)CC(=O)Cc2ccccc2O1. The molecule has 0 aromatic heterocycles. The van der Waals surface area contributed by atoms with E-state index in [1.54, 1.807) is 0 Å². The lowest BCUT2D eigenvalue weighted by Gasteiger charge is -2.52. The summed E-state index contributed by atoms with van der Waals surface area (Å²) in [5.41, 5.74) is 0.258. The molecule has 0 atom stereocenters. The van der Waals surface area contributed by atoms with Gasteiger partial charge in [-0.2, -0.15) is 0 Å². The summed E-state index contributed by atoms with van der Waals surface area (Å²) in [6.07, 6.45) is 0.943. The zero-order chi connectivity index (χ0) is 15.2. The van der Waals surface area contributed by atoms with Crippen LogP contribution < -0.4 is 4.74 Å². The van der Waals surface area contributed by atoms with Gasteiger partial charge < -0.3 is 4.74 Å². The minimum Gasteiger partial charge on any atom is -0.485 e. The molecular formula is C18H26O2. The number of carbonyl (C=O) groups excluding carboxylic acids is 1. The highest BCUT2D eigenvalue weighted by atomic mass is 16.5. The second kappa shape index (κ2) is 4.61. The maximum absolute atomic E-state index is 12.5. The van der Waals surface area contributed by atoms with Crippen molar-refractivity contribution in [1.82, 2.24) is 0 Å². The monoisotopic (exact) mass is 274 g/mol. The van der Waals surface area contributed by atoms with E-state index in [4.69, 9.17) is 4.74 Å². The topological polar surface area (TPSA) is 26.3 Å². The Labute approximate surface area is 122 Å². The van der Waals surface area contributed by atoms with Gasteiger partial charge in [0.25, 0.3) is 0 Å². The predicted molar refractivity (Wildman–Crippen MR) is 82.0 cm³/mol. The van der Waals surface area contributed by atoms with E-state index in [0.29, 0.717) is 12.8 Å². The summed E-state index contributed by atoms with van der Waals surface area (Å²) >= 11 is 0. The third-order valence-corrected chi connectivity index (χ3v) is 4.51. The lowest BCUT2D eigenvalue weighted by Crippen LogP contribution is -2.58.